The zero-order chi connectivity index (χ0) is 41.0. The SMILES string of the molecule is CN(CCCN(Cc1ccccn1)Cc1ccccc1[O-])Cc1ccccc1[O-].CN(CCCN(Cc1ccccn1)Cc1ccccc1[O-])Cc1ccccc1[O-].O.[O-2].[O-2].[V+4].[V+4]. The summed E-state index contributed by atoms with van der Waals surface area (Å²) in [6, 6.07) is 40.5. The van der Waals surface area contributed by atoms with E-state index in [1.807, 2.05) is 99.0 Å². The summed E-state index contributed by atoms with van der Waals surface area (Å²) in [7, 11) is 4.06. The first-order chi connectivity index (χ1) is 28.2. The molecule has 330 valence electrons. The summed E-state index contributed by atoms with van der Waals surface area (Å²) < 4.78 is 0. The molecule has 0 unspecified atom stereocenters. The maximum absolute atomic E-state index is 12.1. The van der Waals surface area contributed by atoms with Gasteiger partial charge in [-0.25, -0.2) is 0 Å². The molecule has 15 heteroatoms. The maximum atomic E-state index is 12.1. The van der Waals surface area contributed by atoms with Crippen LogP contribution in [-0.2, 0) is 87.3 Å². The molecule has 0 saturated heterocycles. The molecule has 6 aromatic rings. The van der Waals surface area contributed by atoms with Crippen LogP contribution in [0.1, 0.15) is 46.5 Å². The first kappa shape index (κ1) is 58.3. The number of nitrogens with zero attached hydrogens (tertiary/aromatic N) is 6. The number of para-hydroxylation sites is 4. The molecule has 4 aromatic carbocycles. The fourth-order valence-corrected chi connectivity index (χ4v) is 6.76. The third-order valence-electron chi connectivity index (χ3n) is 9.81. The van der Waals surface area contributed by atoms with Crippen molar-refractivity contribution in [1.82, 2.24) is 29.6 Å². The molecule has 0 aliphatic rings. The average molecular weight is 931 g/mol. The van der Waals surface area contributed by atoms with E-state index in [0.29, 0.717) is 39.3 Å². The quantitative estimate of drug-likeness (QED) is 0.105. The van der Waals surface area contributed by atoms with Gasteiger partial charge in [-0.15, -0.1) is 23.0 Å². The Morgan fingerprint density at radius 1 is 0.381 bits per heavy atom. The van der Waals surface area contributed by atoms with Gasteiger partial charge in [-0.3, -0.25) is 19.8 Å². The molecule has 0 spiro atoms. The van der Waals surface area contributed by atoms with Crippen molar-refractivity contribution in [2.24, 2.45) is 0 Å². The third-order valence-corrected chi connectivity index (χ3v) is 9.81. The number of rotatable bonds is 20. The molecule has 2 heterocycles. The topological polar surface area (TPSA) is 219 Å². The average Bonchev–Trinajstić information content (AvgIpc) is 3.22. The Balaban J connectivity index is 0.00000113. The molecule has 2 radical (unpaired) electrons. The molecule has 0 aliphatic heterocycles. The fourth-order valence-electron chi connectivity index (χ4n) is 6.76. The molecule has 0 amide bonds. The van der Waals surface area contributed by atoms with Gasteiger partial charge in [0.05, 0.1) is 11.4 Å². The van der Waals surface area contributed by atoms with Gasteiger partial charge in [0.2, 0.25) is 0 Å². The van der Waals surface area contributed by atoms with Gasteiger partial charge < -0.3 is 46.7 Å². The molecule has 63 heavy (non-hydrogen) atoms. The molecule has 2 N–H and O–H groups in total. The maximum Gasteiger partial charge on any atom is 4.00 e. The van der Waals surface area contributed by atoms with E-state index in [4.69, 9.17) is 0 Å². The van der Waals surface area contributed by atoms with E-state index in [-0.39, 0.29) is 76.5 Å². The monoisotopic (exact) mass is 930 g/mol. The van der Waals surface area contributed by atoms with Crippen LogP contribution in [0.4, 0.5) is 0 Å². The van der Waals surface area contributed by atoms with Gasteiger partial charge in [0, 0.05) is 64.8 Å². The van der Waals surface area contributed by atoms with Crippen molar-refractivity contribution < 1.29 is 74.0 Å². The van der Waals surface area contributed by atoms with E-state index >= 15 is 0 Å². The van der Waals surface area contributed by atoms with Crippen molar-refractivity contribution >= 4 is 0 Å². The van der Waals surface area contributed by atoms with Crippen molar-refractivity contribution in [2.45, 2.75) is 52.1 Å². The van der Waals surface area contributed by atoms with Crippen molar-refractivity contribution in [3.05, 3.63) is 179 Å². The largest absolute Gasteiger partial charge is 4.00 e. The Labute approximate surface area is 396 Å². The number of aromatic nitrogens is 2. The van der Waals surface area contributed by atoms with Crippen LogP contribution in [0.25, 0.3) is 0 Å². The predicted octanol–water partition coefficient (Wildman–Crippen LogP) is 4.44. The minimum atomic E-state index is 0. The van der Waals surface area contributed by atoms with Crippen LogP contribution in [0.15, 0.2) is 146 Å². The molecule has 0 fully saturated rings. The van der Waals surface area contributed by atoms with Gasteiger partial charge in [-0.05, 0) is 86.5 Å². The molecule has 0 aliphatic carbocycles. The Morgan fingerprint density at radius 2 is 0.667 bits per heavy atom. The Kier molecular flexibility index (Phi) is 29.6. The molecule has 6 rings (SSSR count). The van der Waals surface area contributed by atoms with Crippen LogP contribution in [0.5, 0.6) is 23.0 Å². The van der Waals surface area contributed by atoms with Crippen molar-refractivity contribution in [3.8, 4) is 23.0 Å². The summed E-state index contributed by atoms with van der Waals surface area (Å²) in [6.07, 6.45) is 5.46. The van der Waals surface area contributed by atoms with Crippen LogP contribution in [0.3, 0.4) is 0 Å². The second-order valence-corrected chi connectivity index (χ2v) is 14.7. The second kappa shape index (κ2) is 32.0. The van der Waals surface area contributed by atoms with Crippen LogP contribution >= 0.6 is 0 Å². The van der Waals surface area contributed by atoms with Gasteiger partial charge in [0.1, 0.15) is 0 Å². The smallest absolute Gasteiger partial charge is 2.00 e. The number of hydrogen-bond donors (Lipinski definition) is 0. The number of pyridine rings is 2. The molecular formula is C48H56N6O7V2. The van der Waals surface area contributed by atoms with Crippen LogP contribution in [0.2, 0.25) is 0 Å². The van der Waals surface area contributed by atoms with Gasteiger partial charge in [-0.2, -0.15) is 0 Å². The van der Waals surface area contributed by atoms with E-state index in [9.17, 15) is 20.4 Å². The summed E-state index contributed by atoms with van der Waals surface area (Å²) in [5.41, 5.74) is 5.23. The van der Waals surface area contributed by atoms with E-state index in [1.54, 1.807) is 60.9 Å². The number of hydrogen-bond acceptors (Lipinski definition) is 10. The predicted molar refractivity (Wildman–Crippen MR) is 227 cm³/mol. The Hall–Kier alpha value is -4.73. The van der Waals surface area contributed by atoms with Gasteiger partial charge >= 0.3 is 37.1 Å². The fraction of sp³-hybridized carbons (Fsp3) is 0.292. The summed E-state index contributed by atoms with van der Waals surface area (Å²) in [4.78, 5) is 17.7. The van der Waals surface area contributed by atoms with Crippen molar-refractivity contribution in [2.75, 3.05) is 40.3 Å². The first-order valence-electron chi connectivity index (χ1n) is 19.8. The van der Waals surface area contributed by atoms with Crippen LogP contribution in [0, 0.1) is 0 Å². The summed E-state index contributed by atoms with van der Waals surface area (Å²) in [5.74, 6) is 0.316. The molecule has 2 aromatic heterocycles. The molecular weight excluding hydrogens is 874 g/mol. The van der Waals surface area contributed by atoms with Gasteiger partial charge in [0.15, 0.2) is 0 Å². The molecule has 0 bridgehead atoms. The zero-order valence-corrected chi connectivity index (χ0v) is 38.7. The molecule has 0 atom stereocenters. The minimum Gasteiger partial charge on any atom is -2.00 e. The van der Waals surface area contributed by atoms with E-state index in [2.05, 4.69) is 29.6 Å². The summed E-state index contributed by atoms with van der Waals surface area (Å²) >= 11 is 0. The summed E-state index contributed by atoms with van der Waals surface area (Å²) in [6.45, 7) is 7.30. The normalized spacial score (nSPS) is 10.4. The van der Waals surface area contributed by atoms with Crippen molar-refractivity contribution in [3.63, 3.8) is 0 Å². The van der Waals surface area contributed by atoms with E-state index < -0.39 is 0 Å². The summed E-state index contributed by atoms with van der Waals surface area (Å²) in [5, 5.41) is 48.1. The van der Waals surface area contributed by atoms with Crippen molar-refractivity contribution in [1.29, 1.82) is 0 Å². The van der Waals surface area contributed by atoms with Crippen LogP contribution in [-0.4, -0.2) is 75.3 Å². The Morgan fingerprint density at radius 3 is 0.952 bits per heavy atom. The van der Waals surface area contributed by atoms with Crippen LogP contribution < -0.4 is 20.4 Å². The molecule has 13 nitrogen and oxygen atoms in total. The second-order valence-electron chi connectivity index (χ2n) is 14.7. The standard InChI is InChI=1S/2C24H29N3O2.H2O.2O.2V/c2*1-26(17-20-9-2-4-12-23(20)28)15-8-16-27(19-22-11-6-7-14-25-22)18-21-10-3-5-13-24(21)29;;;;;/h2*2-7,9-14,28-29H,8,15-19H2,1H3;1H2;;;;/q;;;2*-2;2*+4/p-4. The van der Waals surface area contributed by atoms with Gasteiger partial charge in [0.25, 0.3) is 0 Å². The minimum absolute atomic E-state index is 0. The third kappa shape index (κ3) is 21.0. The number of benzene rings is 4. The molecule has 0 saturated carbocycles. The van der Waals surface area contributed by atoms with E-state index in [0.717, 1.165) is 72.7 Å². The van der Waals surface area contributed by atoms with E-state index in [1.165, 1.54) is 0 Å². The van der Waals surface area contributed by atoms with Gasteiger partial charge in [-0.1, -0.05) is 109 Å². The Bertz CT molecular complexity index is 1940. The zero-order valence-electron chi connectivity index (χ0n) is 35.9. The first-order valence-corrected chi connectivity index (χ1v) is 19.8.